The van der Waals surface area contributed by atoms with E-state index in [1.54, 1.807) is 35.6 Å². The van der Waals surface area contributed by atoms with Gasteiger partial charge in [-0.05, 0) is 47.9 Å². The third-order valence-electron chi connectivity index (χ3n) is 17.5. The predicted molar refractivity (Wildman–Crippen MR) is 326 cm³/mol. The zero-order valence-corrected chi connectivity index (χ0v) is 48.1. The number of aliphatic hydroxyl groups is 4. The van der Waals surface area contributed by atoms with Crippen molar-refractivity contribution >= 4 is 63.7 Å². The van der Waals surface area contributed by atoms with Gasteiger partial charge in [-0.15, -0.1) is 0 Å². The fourth-order valence-electron chi connectivity index (χ4n) is 12.8. The van der Waals surface area contributed by atoms with E-state index < -0.39 is 48.6 Å². The van der Waals surface area contributed by atoms with Crippen LogP contribution in [0, 0.1) is 0 Å². The lowest BCUT2D eigenvalue weighted by molar-refractivity contribution is -0.123. The van der Waals surface area contributed by atoms with E-state index in [0.29, 0.717) is 98.0 Å². The van der Waals surface area contributed by atoms with Crippen molar-refractivity contribution in [2.75, 3.05) is 59.7 Å². The number of carbonyl (C=O) groups excluding carboxylic acids is 3. The van der Waals surface area contributed by atoms with Crippen LogP contribution in [-0.4, -0.2) is 165 Å². The number of nitrogens with one attached hydrogen (secondary N) is 6. The van der Waals surface area contributed by atoms with E-state index in [-0.39, 0.29) is 67.4 Å². The number of anilines is 4. The van der Waals surface area contributed by atoms with E-state index in [1.807, 2.05) is 82.6 Å². The molecule has 4 fully saturated rings. The summed E-state index contributed by atoms with van der Waals surface area (Å²) in [6.07, 6.45) is 0.596. The molecule has 0 radical (unpaired) electrons. The molecule has 10 atom stereocenters. The fraction of sp³-hybridized carbons (Fsp3) is 0.413. The second-order valence-electron chi connectivity index (χ2n) is 23.0. The zero-order valence-electron chi connectivity index (χ0n) is 48.1. The number of nitrogens with zero attached hydrogens (tertiary/aromatic N) is 10. The molecule has 12 rings (SSSR count). The highest BCUT2D eigenvalue weighted by Gasteiger charge is 2.45. The molecule has 2 aliphatic carbocycles. The van der Waals surface area contributed by atoms with Crippen LogP contribution in [0.15, 0.2) is 134 Å². The number of amides is 4. The maximum absolute atomic E-state index is 14.0. The van der Waals surface area contributed by atoms with Crippen molar-refractivity contribution < 1.29 is 34.8 Å². The van der Waals surface area contributed by atoms with Crippen LogP contribution in [0.1, 0.15) is 98.5 Å². The second kappa shape index (κ2) is 25.4. The van der Waals surface area contributed by atoms with E-state index in [0.717, 1.165) is 22.3 Å². The van der Waals surface area contributed by atoms with Gasteiger partial charge in [-0.3, -0.25) is 9.59 Å². The minimum Gasteiger partial charge on any atom is -0.388 e. The van der Waals surface area contributed by atoms with Gasteiger partial charge in [0.15, 0.2) is 34.0 Å². The number of hydrogen-bond donors (Lipinski definition) is 10. The molecule has 8 aromatic rings. The van der Waals surface area contributed by atoms with E-state index in [2.05, 4.69) is 80.4 Å². The molecular formula is C63H74N16O7. The van der Waals surface area contributed by atoms with Gasteiger partial charge < -0.3 is 71.3 Å². The number of imidazole rings is 2. The quantitative estimate of drug-likeness (QED) is 0.0493. The summed E-state index contributed by atoms with van der Waals surface area (Å²) < 4.78 is 3.54. The van der Waals surface area contributed by atoms with Crippen molar-refractivity contribution in [3.63, 3.8) is 0 Å². The third-order valence-corrected chi connectivity index (χ3v) is 17.5. The Bertz CT molecular complexity index is 3320. The summed E-state index contributed by atoms with van der Waals surface area (Å²) >= 11 is 0. The Kier molecular flexibility index (Phi) is 17.1. The summed E-state index contributed by atoms with van der Waals surface area (Å²) in [6, 6.07) is 37.5. The number of rotatable bonds is 20. The van der Waals surface area contributed by atoms with Crippen molar-refractivity contribution in [2.24, 2.45) is 0 Å². The van der Waals surface area contributed by atoms with Gasteiger partial charge in [0.2, 0.25) is 23.7 Å². The van der Waals surface area contributed by atoms with Crippen LogP contribution in [0.5, 0.6) is 0 Å². The van der Waals surface area contributed by atoms with Gasteiger partial charge in [0.25, 0.3) is 0 Å². The second-order valence-corrected chi connectivity index (χ2v) is 23.0. The van der Waals surface area contributed by atoms with Crippen LogP contribution in [0.2, 0.25) is 0 Å². The Labute approximate surface area is 497 Å². The first-order valence-electron chi connectivity index (χ1n) is 30.0. The van der Waals surface area contributed by atoms with Crippen LogP contribution in [0.3, 0.4) is 0 Å². The van der Waals surface area contributed by atoms with E-state index in [9.17, 15) is 34.8 Å². The molecular weight excluding hydrogens is 1090 g/mol. The summed E-state index contributed by atoms with van der Waals surface area (Å²) in [6.45, 7) is 6.28. The van der Waals surface area contributed by atoms with Gasteiger partial charge in [-0.1, -0.05) is 135 Å². The molecule has 4 aliphatic rings. The van der Waals surface area contributed by atoms with Crippen LogP contribution in [-0.2, 0) is 9.59 Å². The molecule has 4 amide bonds. The lowest BCUT2D eigenvalue weighted by Gasteiger charge is -2.23. The number of urea groups is 1. The lowest BCUT2D eigenvalue weighted by Crippen LogP contribution is -2.48. The molecule has 0 spiro atoms. The monoisotopic (exact) mass is 1170 g/mol. The highest BCUT2D eigenvalue weighted by atomic mass is 16.3. The van der Waals surface area contributed by atoms with Gasteiger partial charge in [0, 0.05) is 76.0 Å². The summed E-state index contributed by atoms with van der Waals surface area (Å²) in [5, 5.41) is 64.6. The molecule has 23 heteroatoms. The number of fused-ring (bicyclic) bond motifs is 2. The first kappa shape index (κ1) is 57.7. The van der Waals surface area contributed by atoms with Gasteiger partial charge in [0.05, 0.1) is 36.8 Å². The first-order chi connectivity index (χ1) is 41.9. The topological polar surface area (TPSA) is 298 Å². The minimum absolute atomic E-state index is 0.0454. The molecule has 4 aromatic carbocycles. The van der Waals surface area contributed by atoms with Crippen molar-refractivity contribution in [1.29, 1.82) is 0 Å². The Balaban J connectivity index is 0.765. The Morgan fingerprint density at radius 3 is 1.21 bits per heavy atom. The van der Waals surface area contributed by atoms with Crippen molar-refractivity contribution in [3.05, 3.63) is 156 Å². The number of aliphatic hydroxyl groups excluding tert-OH is 4. The highest BCUT2D eigenvalue weighted by molar-refractivity contribution is 5.86. The first-order valence-corrected chi connectivity index (χ1v) is 30.0. The molecule has 10 N–H and O–H groups in total. The van der Waals surface area contributed by atoms with E-state index in [4.69, 9.17) is 29.9 Å². The molecule has 4 aromatic heterocycles. The summed E-state index contributed by atoms with van der Waals surface area (Å²) in [7, 11) is 0. The summed E-state index contributed by atoms with van der Waals surface area (Å²) in [4.78, 5) is 72.9. The summed E-state index contributed by atoms with van der Waals surface area (Å²) in [5.41, 5.74) is 6.34. The highest BCUT2D eigenvalue weighted by Crippen LogP contribution is 2.38. The van der Waals surface area contributed by atoms with Crippen molar-refractivity contribution in [3.8, 4) is 0 Å². The molecule has 86 heavy (non-hydrogen) atoms. The van der Waals surface area contributed by atoms with Gasteiger partial charge in [0.1, 0.15) is 24.4 Å². The molecule has 2 saturated carbocycles. The van der Waals surface area contributed by atoms with Crippen molar-refractivity contribution in [2.45, 2.75) is 125 Å². The number of aromatic nitrogens is 8. The standard InChI is InChI=1S/C63H74N16O7/c1-3-49(80)70-45-29-47(55(84)53(45)82)78-35-66-51-57(64-31-43(37-17-9-5-10-18-37)38-19-11-6-12-20-38)72-61(74-59(51)78)76-27-25-41(33-76)68-63(86)69-42-26-28-77(34-42)62-73-58(65-32-44(39-21-13-7-14-22-39)40-23-15-8-16-24-40)52-60(75-62)79(36-67-52)48-30-46(54(83)56(48)85)71-50(81)4-2/h5-24,35-36,41-48,53-56,82-85H,3-4,25-34H2,1-2H3,(H,70,80)(H,71,81)(H,64,72,74)(H,65,73,75)(H2,68,69,86)/t41-,42?,45+,46?,47-,48-,53-,54-,55+,56+/m1/s1. The lowest BCUT2D eigenvalue weighted by atomic mass is 9.91. The molecule has 2 saturated heterocycles. The average Bonchev–Trinajstić information content (AvgIpc) is 4.42. The van der Waals surface area contributed by atoms with E-state index in [1.165, 1.54) is 0 Å². The Morgan fingerprint density at radius 1 is 0.500 bits per heavy atom. The molecule has 448 valence electrons. The number of carbonyl (C=O) groups is 3. The number of hydrogen-bond acceptors (Lipinski definition) is 17. The normalized spacial score (nSPS) is 23.8. The Hall–Kier alpha value is -8.77. The van der Waals surface area contributed by atoms with Gasteiger partial charge >= 0.3 is 6.03 Å². The molecule has 2 aliphatic heterocycles. The third kappa shape index (κ3) is 12.1. The van der Waals surface area contributed by atoms with Crippen LogP contribution in [0.4, 0.5) is 28.3 Å². The molecule has 2 unspecified atom stereocenters. The summed E-state index contributed by atoms with van der Waals surface area (Å²) in [5.74, 6) is 1.25. The zero-order chi connectivity index (χ0) is 59.4. The maximum atomic E-state index is 14.0. The van der Waals surface area contributed by atoms with Crippen LogP contribution in [0.25, 0.3) is 22.3 Å². The molecule has 6 heterocycles. The predicted octanol–water partition coefficient (Wildman–Crippen LogP) is 4.73. The van der Waals surface area contributed by atoms with Crippen LogP contribution < -0.4 is 41.7 Å². The van der Waals surface area contributed by atoms with Gasteiger partial charge in [-0.2, -0.15) is 19.9 Å². The van der Waals surface area contributed by atoms with Crippen LogP contribution >= 0.6 is 0 Å². The fourth-order valence-corrected chi connectivity index (χ4v) is 12.8. The molecule has 0 bridgehead atoms. The Morgan fingerprint density at radius 2 is 0.860 bits per heavy atom. The molecule has 23 nitrogen and oxygen atoms in total. The van der Waals surface area contributed by atoms with Gasteiger partial charge in [-0.25, -0.2) is 14.8 Å². The smallest absolute Gasteiger partial charge is 0.315 e. The largest absolute Gasteiger partial charge is 0.388 e. The minimum atomic E-state index is -1.21. The maximum Gasteiger partial charge on any atom is 0.315 e. The van der Waals surface area contributed by atoms with Crippen molar-refractivity contribution in [1.82, 2.24) is 60.3 Å². The SMILES string of the molecule is CCC(=O)NC1C[C@@H](n2cnc3c(NCC(c4ccccc4)c4ccccc4)nc(N4CCC(NC(=O)N[C@@H]5CCN(c6nc(NCC(c7ccccc7)c7ccccc7)c7ncn([C@@H]8C[C@H](NC(=O)CC)[C@@H](O)[C@H]8O)c7n6)C5)C4)nc32)[C@H](O)[C@@H]1O. The number of benzene rings is 4. The average molecular weight is 1170 g/mol. The van der Waals surface area contributed by atoms with E-state index >= 15 is 0 Å².